The van der Waals surface area contributed by atoms with Gasteiger partial charge in [-0.3, -0.25) is 4.79 Å². The molecule has 1 saturated heterocycles. The van der Waals surface area contributed by atoms with Crippen molar-refractivity contribution in [1.29, 1.82) is 0 Å². The van der Waals surface area contributed by atoms with Crippen LogP contribution >= 0.6 is 0 Å². The normalized spacial score (nSPS) is 17.5. The molecule has 0 radical (unpaired) electrons. The lowest BCUT2D eigenvalue weighted by Gasteiger charge is -2.38. The number of nitrogens with one attached hydrogen (secondary N) is 1. The van der Waals surface area contributed by atoms with Gasteiger partial charge in [0.15, 0.2) is 6.33 Å². The molecule has 0 spiro atoms. The molecule has 0 bridgehead atoms. The van der Waals surface area contributed by atoms with E-state index in [-0.39, 0.29) is 6.03 Å². The van der Waals surface area contributed by atoms with Crippen LogP contribution in [0.25, 0.3) is 0 Å². The number of amides is 2. The molecular weight excluding hydrogens is 276 g/mol. The smallest absolute Gasteiger partial charge is 0.317 e. The summed E-state index contributed by atoms with van der Waals surface area (Å²) in [6, 6.07) is -0.176. The number of hydrogen-bond acceptors (Lipinski definition) is 5. The molecule has 0 aromatic carbocycles. The number of carbonyl (C=O) groups excluding carboxylic acids is 1. The molecular formula is C13H20N4O4. The lowest BCUT2D eigenvalue weighted by molar-refractivity contribution is -0.151. The Morgan fingerprint density at radius 3 is 2.71 bits per heavy atom. The van der Waals surface area contributed by atoms with E-state index < -0.39 is 11.4 Å². The van der Waals surface area contributed by atoms with Gasteiger partial charge in [-0.1, -0.05) is 12.1 Å². The first-order valence-electron chi connectivity index (χ1n) is 7.09. The van der Waals surface area contributed by atoms with Crippen LogP contribution in [0.3, 0.4) is 0 Å². The minimum Gasteiger partial charge on any atom is -0.481 e. The topological polar surface area (TPSA) is 109 Å². The van der Waals surface area contributed by atoms with Gasteiger partial charge < -0.3 is 19.8 Å². The van der Waals surface area contributed by atoms with Crippen molar-refractivity contribution in [2.24, 2.45) is 5.41 Å². The summed E-state index contributed by atoms with van der Waals surface area (Å²) in [5, 5.41) is 15.6. The highest BCUT2D eigenvalue weighted by molar-refractivity contribution is 5.77. The summed E-state index contributed by atoms with van der Waals surface area (Å²) in [7, 11) is 0. The van der Waals surface area contributed by atoms with E-state index in [0.717, 1.165) is 0 Å². The molecule has 0 aliphatic carbocycles. The number of carboxylic acid groups (broad SMARTS) is 1. The number of likely N-dealkylation sites (tertiary alicyclic amines) is 1. The van der Waals surface area contributed by atoms with Gasteiger partial charge in [-0.05, 0) is 19.3 Å². The molecule has 0 unspecified atom stereocenters. The number of rotatable bonds is 5. The van der Waals surface area contributed by atoms with Crippen molar-refractivity contribution in [2.75, 3.05) is 19.6 Å². The minimum absolute atomic E-state index is 0.176. The van der Waals surface area contributed by atoms with E-state index >= 15 is 0 Å². The van der Waals surface area contributed by atoms with E-state index in [1.807, 2.05) is 6.92 Å². The van der Waals surface area contributed by atoms with Crippen molar-refractivity contribution in [3.63, 3.8) is 0 Å². The van der Waals surface area contributed by atoms with Crippen molar-refractivity contribution in [2.45, 2.75) is 32.6 Å². The number of nitrogens with zero attached hydrogens (tertiary/aromatic N) is 3. The van der Waals surface area contributed by atoms with Crippen LogP contribution < -0.4 is 5.32 Å². The maximum absolute atomic E-state index is 12.0. The third-order valence-corrected chi connectivity index (χ3v) is 4.16. The SMILES string of the molecule is CCC1(C(=O)O)CCN(C(=O)NCCc2ncno2)CC1. The zero-order valence-corrected chi connectivity index (χ0v) is 12.0. The van der Waals surface area contributed by atoms with Gasteiger partial charge in [0.1, 0.15) is 0 Å². The molecule has 2 rings (SSSR count). The van der Waals surface area contributed by atoms with Gasteiger partial charge in [0, 0.05) is 26.1 Å². The van der Waals surface area contributed by atoms with Crippen LogP contribution in [0.1, 0.15) is 32.1 Å². The number of aromatic nitrogens is 2. The quantitative estimate of drug-likeness (QED) is 0.835. The minimum atomic E-state index is -0.763. The molecule has 1 fully saturated rings. The number of carboxylic acids is 1. The lowest BCUT2D eigenvalue weighted by atomic mass is 9.76. The Morgan fingerprint density at radius 1 is 1.48 bits per heavy atom. The molecule has 1 aliphatic heterocycles. The Morgan fingerprint density at radius 2 is 2.19 bits per heavy atom. The molecule has 1 aliphatic rings. The molecule has 0 atom stereocenters. The van der Waals surface area contributed by atoms with Gasteiger partial charge in [-0.15, -0.1) is 0 Å². The van der Waals surface area contributed by atoms with Crippen LogP contribution in [0, 0.1) is 5.41 Å². The molecule has 1 aromatic rings. The third kappa shape index (κ3) is 3.50. The first kappa shape index (κ1) is 15.3. The highest BCUT2D eigenvalue weighted by Gasteiger charge is 2.40. The zero-order chi connectivity index (χ0) is 15.3. The summed E-state index contributed by atoms with van der Waals surface area (Å²) >= 11 is 0. The van der Waals surface area contributed by atoms with E-state index in [1.54, 1.807) is 4.90 Å². The maximum atomic E-state index is 12.0. The first-order chi connectivity index (χ1) is 10.1. The third-order valence-electron chi connectivity index (χ3n) is 4.16. The average Bonchev–Trinajstić information content (AvgIpc) is 3.00. The second-order valence-electron chi connectivity index (χ2n) is 5.24. The van der Waals surface area contributed by atoms with Crippen LogP contribution in [0.2, 0.25) is 0 Å². The Balaban J connectivity index is 1.76. The summed E-state index contributed by atoms with van der Waals surface area (Å²) < 4.78 is 4.84. The Hall–Kier alpha value is -2.12. The predicted octanol–water partition coefficient (Wildman–Crippen LogP) is 0.898. The maximum Gasteiger partial charge on any atom is 0.317 e. The fourth-order valence-corrected chi connectivity index (χ4v) is 2.55. The van der Waals surface area contributed by atoms with E-state index in [0.29, 0.717) is 51.2 Å². The van der Waals surface area contributed by atoms with Crippen molar-refractivity contribution in [3.8, 4) is 0 Å². The van der Waals surface area contributed by atoms with Crippen LogP contribution in [0.4, 0.5) is 4.79 Å². The van der Waals surface area contributed by atoms with Crippen molar-refractivity contribution in [3.05, 3.63) is 12.2 Å². The fraction of sp³-hybridized carbons (Fsp3) is 0.692. The standard InChI is InChI=1S/C13H20N4O4/c1-2-13(11(18)19)4-7-17(8-5-13)12(20)14-6-3-10-15-9-16-21-10/h9H,2-8H2,1H3,(H,14,20)(H,18,19). The van der Waals surface area contributed by atoms with Gasteiger partial charge in [0.25, 0.3) is 0 Å². The van der Waals surface area contributed by atoms with Crippen molar-refractivity contribution >= 4 is 12.0 Å². The van der Waals surface area contributed by atoms with Gasteiger partial charge in [-0.25, -0.2) is 4.79 Å². The molecule has 2 amide bonds. The molecule has 21 heavy (non-hydrogen) atoms. The van der Waals surface area contributed by atoms with Gasteiger partial charge in [0.05, 0.1) is 5.41 Å². The summed E-state index contributed by atoms with van der Waals surface area (Å²) in [6.45, 7) is 3.22. The van der Waals surface area contributed by atoms with Crippen LogP contribution in [0.15, 0.2) is 10.9 Å². The van der Waals surface area contributed by atoms with E-state index in [2.05, 4.69) is 15.5 Å². The largest absolute Gasteiger partial charge is 0.481 e. The van der Waals surface area contributed by atoms with Crippen LogP contribution in [-0.2, 0) is 11.2 Å². The van der Waals surface area contributed by atoms with Crippen molar-refractivity contribution < 1.29 is 19.2 Å². The monoisotopic (exact) mass is 296 g/mol. The molecule has 116 valence electrons. The van der Waals surface area contributed by atoms with Gasteiger partial charge in [0.2, 0.25) is 5.89 Å². The van der Waals surface area contributed by atoms with Crippen molar-refractivity contribution in [1.82, 2.24) is 20.4 Å². The van der Waals surface area contributed by atoms with E-state index in [9.17, 15) is 14.7 Å². The van der Waals surface area contributed by atoms with Gasteiger partial charge >= 0.3 is 12.0 Å². The van der Waals surface area contributed by atoms with Gasteiger partial charge in [-0.2, -0.15) is 4.98 Å². The highest BCUT2D eigenvalue weighted by atomic mass is 16.5. The number of urea groups is 1. The first-order valence-corrected chi connectivity index (χ1v) is 7.09. The Bertz CT molecular complexity index is 480. The fourth-order valence-electron chi connectivity index (χ4n) is 2.55. The summed E-state index contributed by atoms with van der Waals surface area (Å²) in [4.78, 5) is 28.9. The van der Waals surface area contributed by atoms with E-state index in [4.69, 9.17) is 4.52 Å². The number of hydrogen-bond donors (Lipinski definition) is 2. The number of piperidine rings is 1. The Labute approximate surface area is 122 Å². The zero-order valence-electron chi connectivity index (χ0n) is 12.0. The van der Waals surface area contributed by atoms with Crippen LogP contribution in [-0.4, -0.2) is 51.8 Å². The van der Waals surface area contributed by atoms with E-state index in [1.165, 1.54) is 6.33 Å². The summed E-state index contributed by atoms with van der Waals surface area (Å²) in [6.07, 6.45) is 3.38. The average molecular weight is 296 g/mol. The number of aliphatic carboxylic acids is 1. The summed E-state index contributed by atoms with van der Waals surface area (Å²) in [5.41, 5.74) is -0.680. The predicted molar refractivity (Wildman–Crippen MR) is 72.6 cm³/mol. The summed E-state index contributed by atoms with van der Waals surface area (Å²) in [5.74, 6) is -0.286. The molecule has 2 heterocycles. The molecule has 1 aromatic heterocycles. The Kier molecular flexibility index (Phi) is 4.77. The second kappa shape index (κ2) is 6.55. The molecule has 8 heteroatoms. The molecule has 8 nitrogen and oxygen atoms in total. The highest BCUT2D eigenvalue weighted by Crippen LogP contribution is 2.35. The van der Waals surface area contributed by atoms with Crippen LogP contribution in [0.5, 0.6) is 0 Å². The molecule has 0 saturated carbocycles. The second-order valence-corrected chi connectivity index (χ2v) is 5.24. The number of carbonyl (C=O) groups is 2. The lowest BCUT2D eigenvalue weighted by Crippen LogP contribution is -2.49. The molecule has 2 N–H and O–H groups in total.